The summed E-state index contributed by atoms with van der Waals surface area (Å²) in [6.07, 6.45) is 0. The number of carbonyl (C=O) groups excluding carboxylic acids is 1. The van der Waals surface area contributed by atoms with Gasteiger partial charge in [0.15, 0.2) is 11.5 Å². The molecule has 3 rings (SSSR count). The third-order valence-electron chi connectivity index (χ3n) is 4.86. The second-order valence-corrected chi connectivity index (χ2v) is 7.63. The third kappa shape index (κ3) is 4.92. The molecule has 0 fully saturated rings. The summed E-state index contributed by atoms with van der Waals surface area (Å²) in [7, 11) is 2.85. The van der Waals surface area contributed by atoms with Crippen molar-refractivity contribution in [3.05, 3.63) is 70.6 Å². The number of amides is 1. The second kappa shape index (κ2) is 9.42. The SMILES string of the molecule is COc1cc(C(=O)NCC(C)(O)c2ccc(OC)c(-c3ccc(F)c(Cl)c3)n2)ccc1O. The molecule has 0 saturated heterocycles. The number of nitrogens with zero attached hydrogens (tertiary/aromatic N) is 1. The maximum atomic E-state index is 13.6. The summed E-state index contributed by atoms with van der Waals surface area (Å²) in [4.78, 5) is 17.0. The molecule has 3 N–H and O–H groups in total. The molecule has 1 aromatic heterocycles. The molecule has 0 radical (unpaired) electrons. The monoisotopic (exact) mass is 460 g/mol. The summed E-state index contributed by atoms with van der Waals surface area (Å²) >= 11 is 5.90. The van der Waals surface area contributed by atoms with Gasteiger partial charge in [0.1, 0.15) is 22.9 Å². The van der Waals surface area contributed by atoms with E-state index in [1.54, 1.807) is 12.1 Å². The smallest absolute Gasteiger partial charge is 0.251 e. The Morgan fingerprint density at radius 3 is 2.50 bits per heavy atom. The highest BCUT2D eigenvalue weighted by Crippen LogP contribution is 2.33. The Morgan fingerprint density at radius 2 is 1.84 bits per heavy atom. The fraction of sp³-hybridized carbons (Fsp3) is 0.217. The van der Waals surface area contributed by atoms with E-state index in [1.165, 1.54) is 57.5 Å². The molecule has 0 aliphatic carbocycles. The molecular weight excluding hydrogens is 439 g/mol. The van der Waals surface area contributed by atoms with Crippen molar-refractivity contribution in [3.8, 4) is 28.5 Å². The molecule has 1 heterocycles. The predicted molar refractivity (Wildman–Crippen MR) is 118 cm³/mol. The second-order valence-electron chi connectivity index (χ2n) is 7.22. The van der Waals surface area contributed by atoms with Crippen molar-refractivity contribution < 1.29 is 28.9 Å². The number of ether oxygens (including phenoxy) is 2. The van der Waals surface area contributed by atoms with Gasteiger partial charge >= 0.3 is 0 Å². The van der Waals surface area contributed by atoms with Crippen LogP contribution in [0.1, 0.15) is 23.0 Å². The van der Waals surface area contributed by atoms with Gasteiger partial charge in [-0.2, -0.15) is 0 Å². The number of phenols is 1. The minimum atomic E-state index is -1.54. The fourth-order valence-electron chi connectivity index (χ4n) is 3.03. The number of carbonyl (C=O) groups is 1. The number of aromatic nitrogens is 1. The van der Waals surface area contributed by atoms with Crippen LogP contribution >= 0.6 is 11.6 Å². The summed E-state index contributed by atoms with van der Waals surface area (Å²) in [5.41, 5.74) is -0.161. The van der Waals surface area contributed by atoms with E-state index in [-0.39, 0.29) is 34.3 Å². The first-order valence-corrected chi connectivity index (χ1v) is 9.92. The van der Waals surface area contributed by atoms with Crippen molar-refractivity contribution in [2.24, 2.45) is 0 Å². The highest BCUT2D eigenvalue weighted by Gasteiger charge is 2.27. The van der Waals surface area contributed by atoms with E-state index in [0.29, 0.717) is 17.0 Å². The van der Waals surface area contributed by atoms with Crippen molar-refractivity contribution >= 4 is 17.5 Å². The maximum Gasteiger partial charge on any atom is 0.251 e. The van der Waals surface area contributed by atoms with Crippen LogP contribution < -0.4 is 14.8 Å². The highest BCUT2D eigenvalue weighted by molar-refractivity contribution is 6.31. The molecule has 0 saturated carbocycles. The lowest BCUT2D eigenvalue weighted by Gasteiger charge is -2.24. The van der Waals surface area contributed by atoms with Gasteiger partial charge < -0.3 is 25.0 Å². The van der Waals surface area contributed by atoms with Crippen LogP contribution in [0.25, 0.3) is 11.3 Å². The molecule has 2 aromatic carbocycles. The Morgan fingerprint density at radius 1 is 1.12 bits per heavy atom. The molecule has 168 valence electrons. The molecular formula is C23H22ClFN2O5. The van der Waals surface area contributed by atoms with Crippen LogP contribution in [0, 0.1) is 5.82 Å². The first-order valence-electron chi connectivity index (χ1n) is 9.55. The standard InChI is InChI=1S/C23H22ClFN2O5/c1-23(30,12-26-22(29)14-5-7-17(28)19(11-14)32-3)20-9-8-18(31-2)21(27-20)13-4-6-16(25)15(24)10-13/h4-11,28,30H,12H2,1-3H3,(H,26,29). The number of phenolic OH excluding ortho intramolecular Hbond substituents is 1. The van der Waals surface area contributed by atoms with Crippen molar-refractivity contribution in [2.75, 3.05) is 20.8 Å². The van der Waals surface area contributed by atoms with Gasteiger partial charge in [-0.25, -0.2) is 9.37 Å². The summed E-state index contributed by atoms with van der Waals surface area (Å²) in [6, 6.07) is 11.5. The summed E-state index contributed by atoms with van der Waals surface area (Å²) in [5, 5.41) is 23.2. The maximum absolute atomic E-state index is 13.6. The van der Waals surface area contributed by atoms with Crippen molar-refractivity contribution in [1.82, 2.24) is 10.3 Å². The van der Waals surface area contributed by atoms with E-state index in [9.17, 15) is 19.4 Å². The number of hydrogen-bond acceptors (Lipinski definition) is 6. The first-order chi connectivity index (χ1) is 15.2. The average molecular weight is 461 g/mol. The molecule has 0 aliphatic heterocycles. The van der Waals surface area contributed by atoms with Gasteiger partial charge in [-0.05, 0) is 55.5 Å². The number of pyridine rings is 1. The number of benzene rings is 2. The first kappa shape index (κ1) is 23.3. The van der Waals surface area contributed by atoms with E-state index >= 15 is 0 Å². The summed E-state index contributed by atoms with van der Waals surface area (Å²) < 4.78 is 23.9. The Balaban J connectivity index is 1.84. The number of aromatic hydroxyl groups is 1. The Hall–Kier alpha value is -3.36. The van der Waals surface area contributed by atoms with Crippen LogP contribution in [-0.4, -0.2) is 41.9 Å². The van der Waals surface area contributed by atoms with E-state index in [2.05, 4.69) is 10.3 Å². The molecule has 1 atom stereocenters. The summed E-state index contributed by atoms with van der Waals surface area (Å²) in [5.74, 6) is -0.558. The van der Waals surface area contributed by atoms with Gasteiger partial charge in [0.2, 0.25) is 0 Å². The topological polar surface area (TPSA) is 101 Å². The molecule has 0 bridgehead atoms. The lowest BCUT2D eigenvalue weighted by atomic mass is 9.99. The third-order valence-corrected chi connectivity index (χ3v) is 5.15. The normalized spacial score (nSPS) is 12.7. The van der Waals surface area contributed by atoms with Crippen LogP contribution in [0.5, 0.6) is 17.2 Å². The zero-order chi connectivity index (χ0) is 23.5. The van der Waals surface area contributed by atoms with E-state index in [1.807, 2.05) is 0 Å². The molecule has 1 amide bonds. The largest absolute Gasteiger partial charge is 0.504 e. The van der Waals surface area contributed by atoms with Gasteiger partial charge in [-0.1, -0.05) is 11.6 Å². The zero-order valence-corrected chi connectivity index (χ0v) is 18.4. The van der Waals surface area contributed by atoms with Gasteiger partial charge in [-0.3, -0.25) is 4.79 Å². The number of rotatable bonds is 7. The quantitative estimate of drug-likeness (QED) is 0.494. The van der Waals surface area contributed by atoms with Gasteiger partial charge in [0.05, 0.1) is 31.5 Å². The Kier molecular flexibility index (Phi) is 6.86. The number of nitrogens with one attached hydrogen (secondary N) is 1. The average Bonchev–Trinajstić information content (AvgIpc) is 2.79. The predicted octanol–water partition coefficient (Wildman–Crippen LogP) is 3.90. The number of hydrogen-bond donors (Lipinski definition) is 3. The fourth-order valence-corrected chi connectivity index (χ4v) is 3.21. The Bertz CT molecular complexity index is 1150. The van der Waals surface area contributed by atoms with Crippen LogP contribution in [0.3, 0.4) is 0 Å². The van der Waals surface area contributed by atoms with E-state index < -0.39 is 17.3 Å². The lowest BCUT2D eigenvalue weighted by molar-refractivity contribution is 0.0489. The zero-order valence-electron chi connectivity index (χ0n) is 17.6. The molecule has 0 aliphatic rings. The number of halogens is 2. The van der Waals surface area contributed by atoms with Crippen LogP contribution in [0.2, 0.25) is 5.02 Å². The van der Waals surface area contributed by atoms with Crippen molar-refractivity contribution in [2.45, 2.75) is 12.5 Å². The summed E-state index contributed by atoms with van der Waals surface area (Å²) in [6.45, 7) is 1.35. The van der Waals surface area contributed by atoms with E-state index in [0.717, 1.165) is 0 Å². The van der Waals surface area contributed by atoms with E-state index in [4.69, 9.17) is 21.1 Å². The molecule has 1 unspecified atom stereocenters. The van der Waals surface area contributed by atoms with Crippen LogP contribution in [0.15, 0.2) is 48.5 Å². The molecule has 0 spiro atoms. The van der Waals surface area contributed by atoms with Crippen molar-refractivity contribution in [1.29, 1.82) is 0 Å². The highest BCUT2D eigenvalue weighted by atomic mass is 35.5. The van der Waals surface area contributed by atoms with Gasteiger partial charge in [0, 0.05) is 11.1 Å². The minimum absolute atomic E-state index is 0.0693. The number of aliphatic hydroxyl groups is 1. The Labute approximate surface area is 189 Å². The van der Waals surface area contributed by atoms with Gasteiger partial charge in [-0.15, -0.1) is 0 Å². The molecule has 9 heteroatoms. The molecule has 7 nitrogen and oxygen atoms in total. The van der Waals surface area contributed by atoms with Crippen molar-refractivity contribution in [3.63, 3.8) is 0 Å². The lowest BCUT2D eigenvalue weighted by Crippen LogP contribution is -2.39. The van der Waals surface area contributed by atoms with Crippen LogP contribution in [-0.2, 0) is 5.60 Å². The number of methoxy groups -OCH3 is 2. The molecule has 3 aromatic rings. The van der Waals surface area contributed by atoms with Gasteiger partial charge in [0.25, 0.3) is 5.91 Å². The molecule has 32 heavy (non-hydrogen) atoms. The minimum Gasteiger partial charge on any atom is -0.504 e. The van der Waals surface area contributed by atoms with Crippen LogP contribution in [0.4, 0.5) is 4.39 Å².